The number of carbonyl (C=O) groups excluding carboxylic acids is 2. The van der Waals surface area contributed by atoms with Crippen molar-refractivity contribution >= 4 is 39.6 Å². The zero-order valence-electron chi connectivity index (χ0n) is 12.4. The molecule has 0 atom stereocenters. The molecule has 3 rings (SSSR count). The Balaban J connectivity index is 1.71. The molecular weight excluding hydrogens is 312 g/mol. The molecular formula is C17H14N2O3S. The summed E-state index contributed by atoms with van der Waals surface area (Å²) in [5.74, 6) is 0.443. The lowest BCUT2D eigenvalue weighted by Gasteiger charge is -2.04. The van der Waals surface area contributed by atoms with Gasteiger partial charge in [-0.05, 0) is 36.4 Å². The van der Waals surface area contributed by atoms with Crippen molar-refractivity contribution < 1.29 is 14.0 Å². The summed E-state index contributed by atoms with van der Waals surface area (Å²) in [5.41, 5.74) is 3.04. The van der Waals surface area contributed by atoms with Crippen molar-refractivity contribution in [3.63, 3.8) is 0 Å². The van der Waals surface area contributed by atoms with E-state index in [1.165, 1.54) is 6.92 Å². The van der Waals surface area contributed by atoms with E-state index in [0.717, 1.165) is 28.4 Å². The summed E-state index contributed by atoms with van der Waals surface area (Å²) in [5, 5.41) is 2.66. The second-order valence-electron chi connectivity index (χ2n) is 4.89. The second-order valence-corrected chi connectivity index (χ2v) is 6.04. The van der Waals surface area contributed by atoms with Crippen molar-refractivity contribution in [1.29, 1.82) is 0 Å². The number of para-hydroxylation sites is 2. The third kappa shape index (κ3) is 3.78. The highest BCUT2D eigenvalue weighted by Gasteiger charge is 2.09. The Hall–Kier alpha value is -2.60. The van der Waals surface area contributed by atoms with E-state index in [0.29, 0.717) is 11.6 Å². The summed E-state index contributed by atoms with van der Waals surface area (Å²) in [6, 6.07) is 14.8. The van der Waals surface area contributed by atoms with Gasteiger partial charge in [0.05, 0.1) is 5.75 Å². The van der Waals surface area contributed by atoms with Crippen LogP contribution in [0.3, 0.4) is 0 Å². The highest BCUT2D eigenvalue weighted by atomic mass is 32.2. The molecule has 0 aliphatic carbocycles. The molecule has 0 bridgehead atoms. The van der Waals surface area contributed by atoms with Crippen LogP contribution in [-0.4, -0.2) is 21.8 Å². The lowest BCUT2D eigenvalue weighted by atomic mass is 10.2. The summed E-state index contributed by atoms with van der Waals surface area (Å²) >= 11 is 0.985. The Kier molecular flexibility index (Phi) is 4.43. The van der Waals surface area contributed by atoms with Crippen molar-refractivity contribution in [3.8, 4) is 11.5 Å². The highest BCUT2D eigenvalue weighted by Crippen LogP contribution is 2.25. The quantitative estimate of drug-likeness (QED) is 0.791. The van der Waals surface area contributed by atoms with Crippen LogP contribution < -0.4 is 5.32 Å². The average molecular weight is 326 g/mol. The molecule has 116 valence electrons. The number of hydrogen-bond acceptors (Lipinski definition) is 5. The SMILES string of the molecule is CC(=O)SCC(=O)Nc1ccc(-c2nc3ccccc3o2)cc1. The fourth-order valence-corrected chi connectivity index (χ4v) is 2.46. The van der Waals surface area contributed by atoms with Gasteiger partial charge in [-0.25, -0.2) is 4.98 Å². The zero-order valence-corrected chi connectivity index (χ0v) is 13.2. The molecule has 2 aromatic carbocycles. The lowest BCUT2D eigenvalue weighted by molar-refractivity contribution is -0.114. The topological polar surface area (TPSA) is 72.2 Å². The van der Waals surface area contributed by atoms with Crippen molar-refractivity contribution in [1.82, 2.24) is 4.98 Å². The minimum Gasteiger partial charge on any atom is -0.436 e. The van der Waals surface area contributed by atoms with Crippen LogP contribution in [0.25, 0.3) is 22.6 Å². The molecule has 1 aromatic heterocycles. The number of rotatable bonds is 4. The number of fused-ring (bicyclic) bond motifs is 1. The molecule has 5 nitrogen and oxygen atoms in total. The largest absolute Gasteiger partial charge is 0.436 e. The van der Waals surface area contributed by atoms with Gasteiger partial charge in [0.1, 0.15) is 5.52 Å². The van der Waals surface area contributed by atoms with Crippen molar-refractivity contribution in [2.45, 2.75) is 6.92 Å². The smallest absolute Gasteiger partial charge is 0.234 e. The van der Waals surface area contributed by atoms with Crippen LogP contribution in [0, 0.1) is 0 Å². The predicted octanol–water partition coefficient (Wildman–Crippen LogP) is 3.71. The van der Waals surface area contributed by atoms with Gasteiger partial charge >= 0.3 is 0 Å². The molecule has 0 spiro atoms. The molecule has 1 N–H and O–H groups in total. The maximum atomic E-state index is 11.7. The van der Waals surface area contributed by atoms with E-state index >= 15 is 0 Å². The van der Waals surface area contributed by atoms with Gasteiger partial charge in [-0.1, -0.05) is 23.9 Å². The first-order valence-corrected chi connectivity index (χ1v) is 7.99. The zero-order chi connectivity index (χ0) is 16.2. The summed E-state index contributed by atoms with van der Waals surface area (Å²) in [6.45, 7) is 1.44. The Morgan fingerprint density at radius 2 is 1.87 bits per heavy atom. The molecule has 0 fully saturated rings. The number of hydrogen-bond donors (Lipinski definition) is 1. The van der Waals surface area contributed by atoms with Crippen LogP contribution >= 0.6 is 11.8 Å². The molecule has 3 aromatic rings. The van der Waals surface area contributed by atoms with Crippen molar-refractivity contribution in [3.05, 3.63) is 48.5 Å². The lowest BCUT2D eigenvalue weighted by Crippen LogP contribution is -2.14. The molecule has 1 heterocycles. The van der Waals surface area contributed by atoms with E-state index in [2.05, 4.69) is 10.3 Å². The molecule has 23 heavy (non-hydrogen) atoms. The van der Waals surface area contributed by atoms with Crippen LogP contribution in [-0.2, 0) is 9.59 Å². The number of benzene rings is 2. The Bertz CT molecular complexity index is 823. The van der Waals surface area contributed by atoms with Gasteiger partial charge in [0.2, 0.25) is 11.8 Å². The van der Waals surface area contributed by atoms with Crippen LogP contribution in [0.1, 0.15) is 6.92 Å². The van der Waals surface area contributed by atoms with E-state index in [1.807, 2.05) is 36.4 Å². The van der Waals surface area contributed by atoms with Crippen LogP contribution in [0.5, 0.6) is 0 Å². The second kappa shape index (κ2) is 6.66. The van der Waals surface area contributed by atoms with E-state index < -0.39 is 0 Å². The minimum absolute atomic E-state index is 0.0774. The van der Waals surface area contributed by atoms with E-state index in [1.54, 1.807) is 12.1 Å². The first-order valence-electron chi connectivity index (χ1n) is 7.01. The molecule has 0 unspecified atom stereocenters. The highest BCUT2D eigenvalue weighted by molar-refractivity contribution is 8.14. The Labute approximate surface area is 137 Å². The number of nitrogens with zero attached hydrogens (tertiary/aromatic N) is 1. The summed E-state index contributed by atoms with van der Waals surface area (Å²) < 4.78 is 5.70. The van der Waals surface area contributed by atoms with Crippen LogP contribution in [0.15, 0.2) is 52.9 Å². The first kappa shape index (κ1) is 15.3. The van der Waals surface area contributed by atoms with Crippen molar-refractivity contribution in [2.24, 2.45) is 0 Å². The minimum atomic E-state index is -0.209. The van der Waals surface area contributed by atoms with Gasteiger partial charge < -0.3 is 9.73 Å². The Morgan fingerprint density at radius 3 is 2.57 bits per heavy atom. The summed E-state index contributed by atoms with van der Waals surface area (Å²) in [7, 11) is 0. The van der Waals surface area contributed by atoms with E-state index in [4.69, 9.17) is 4.42 Å². The molecule has 0 aliphatic heterocycles. The van der Waals surface area contributed by atoms with Crippen LogP contribution in [0.2, 0.25) is 0 Å². The number of carbonyl (C=O) groups is 2. The van der Waals surface area contributed by atoms with Gasteiger partial charge in [-0.15, -0.1) is 0 Å². The number of nitrogens with one attached hydrogen (secondary N) is 1. The standard InChI is InChI=1S/C17H14N2O3S/c1-11(20)23-10-16(21)18-13-8-6-12(7-9-13)17-19-14-4-2-3-5-15(14)22-17/h2-9H,10H2,1H3,(H,18,21). The number of amides is 1. The van der Waals surface area contributed by atoms with Crippen LogP contribution in [0.4, 0.5) is 5.69 Å². The van der Waals surface area contributed by atoms with Gasteiger partial charge in [0.15, 0.2) is 10.7 Å². The van der Waals surface area contributed by atoms with E-state index in [-0.39, 0.29) is 16.8 Å². The third-order valence-electron chi connectivity index (χ3n) is 3.12. The fraction of sp³-hybridized carbons (Fsp3) is 0.118. The molecule has 0 radical (unpaired) electrons. The number of oxazole rings is 1. The third-order valence-corrected chi connectivity index (χ3v) is 3.93. The summed E-state index contributed by atoms with van der Waals surface area (Å²) in [6.07, 6.45) is 0. The predicted molar refractivity (Wildman–Crippen MR) is 91.2 cm³/mol. The first-order chi connectivity index (χ1) is 11.1. The van der Waals surface area contributed by atoms with Gasteiger partial charge in [-0.2, -0.15) is 0 Å². The van der Waals surface area contributed by atoms with Gasteiger partial charge in [0.25, 0.3) is 0 Å². The van der Waals surface area contributed by atoms with Crippen molar-refractivity contribution in [2.75, 3.05) is 11.1 Å². The average Bonchev–Trinajstić information content (AvgIpc) is 2.97. The van der Waals surface area contributed by atoms with Gasteiger partial charge in [-0.3, -0.25) is 9.59 Å². The fourth-order valence-electron chi connectivity index (χ4n) is 2.06. The maximum Gasteiger partial charge on any atom is 0.234 e. The molecule has 0 saturated heterocycles. The summed E-state index contributed by atoms with van der Waals surface area (Å²) in [4.78, 5) is 26.9. The van der Waals surface area contributed by atoms with E-state index in [9.17, 15) is 9.59 Å². The molecule has 1 amide bonds. The molecule has 0 saturated carbocycles. The number of anilines is 1. The molecule has 6 heteroatoms. The normalized spacial score (nSPS) is 10.7. The maximum absolute atomic E-state index is 11.7. The monoisotopic (exact) mass is 326 g/mol. The number of thioether (sulfide) groups is 1. The Morgan fingerprint density at radius 1 is 1.13 bits per heavy atom. The molecule has 0 aliphatic rings. The number of aromatic nitrogens is 1. The van der Waals surface area contributed by atoms with Gasteiger partial charge in [0, 0.05) is 18.2 Å².